The molecular weight excluding hydrogens is 494 g/mol. The van der Waals surface area contributed by atoms with Gasteiger partial charge in [0.1, 0.15) is 0 Å². The Morgan fingerprint density at radius 1 is 1.26 bits per heavy atom. The molecule has 0 bridgehead atoms. The van der Waals surface area contributed by atoms with E-state index < -0.39 is 21.0 Å². The molecule has 3 aromatic rings. The molecule has 172 valence electrons. The zero-order chi connectivity index (χ0) is 24.5. The maximum absolute atomic E-state index is 12.7. The maximum atomic E-state index is 12.7. The molecule has 10 nitrogen and oxygen atoms in total. The first-order valence-corrected chi connectivity index (χ1v) is 13.3. The van der Waals surface area contributed by atoms with Crippen LogP contribution in [0.3, 0.4) is 0 Å². The van der Waals surface area contributed by atoms with E-state index >= 15 is 0 Å². The third kappa shape index (κ3) is 5.01. The predicted octanol–water partition coefficient (Wildman–Crippen LogP) is -0.545. The number of thiophene rings is 1. The molecule has 0 spiro atoms. The summed E-state index contributed by atoms with van der Waals surface area (Å²) < 4.78 is 31.0. The number of sulfonamides is 1. The Morgan fingerprint density at radius 2 is 2.06 bits per heavy atom. The zero-order valence-corrected chi connectivity index (χ0v) is 20.8. The van der Waals surface area contributed by atoms with Crippen molar-refractivity contribution in [2.24, 2.45) is 5.14 Å². The van der Waals surface area contributed by atoms with Crippen molar-refractivity contribution in [1.29, 1.82) is 0 Å². The lowest BCUT2D eigenvalue weighted by molar-refractivity contribution is 0.102. The topological polar surface area (TPSA) is 135 Å². The van der Waals surface area contributed by atoms with Gasteiger partial charge in [-0.3, -0.25) is 4.79 Å². The van der Waals surface area contributed by atoms with Crippen LogP contribution in [0.1, 0.15) is 16.1 Å². The van der Waals surface area contributed by atoms with Crippen molar-refractivity contribution >= 4 is 56.7 Å². The summed E-state index contributed by atoms with van der Waals surface area (Å²) in [5, 5.41) is 18.1. The Bertz CT molecular complexity index is 1640. The molecule has 1 aliphatic rings. The second kappa shape index (κ2) is 9.38. The molecule has 0 unspecified atom stereocenters. The molecule has 0 saturated heterocycles. The van der Waals surface area contributed by atoms with Gasteiger partial charge in [-0.15, -0.1) is 33.3 Å². The fourth-order valence-electron chi connectivity index (χ4n) is 2.96. The highest BCUT2D eigenvalue weighted by atomic mass is 32.2. The summed E-state index contributed by atoms with van der Waals surface area (Å²) in [5.41, 5.74) is 1.43. The number of fused-ring (bicyclic) bond motifs is 1. The third-order valence-corrected chi connectivity index (χ3v) is 7.53. The maximum Gasteiger partial charge on any atom is 0.537 e. The van der Waals surface area contributed by atoms with Gasteiger partial charge in [-0.25, -0.2) is 13.6 Å². The number of nitrogens with two attached hydrogens (primary N) is 1. The van der Waals surface area contributed by atoms with Crippen LogP contribution in [0.4, 0.5) is 11.4 Å². The summed E-state index contributed by atoms with van der Waals surface area (Å²) in [6.45, 7) is 0. The predicted molar refractivity (Wildman–Crippen MR) is 133 cm³/mol. The minimum Gasteiger partial charge on any atom is -0.377 e. The van der Waals surface area contributed by atoms with Gasteiger partial charge < -0.3 is 10.2 Å². The molecule has 3 N–H and O–H groups in total. The summed E-state index contributed by atoms with van der Waals surface area (Å²) in [4.78, 5) is 14.6. The molecular formula is C21H19N7O3S3+2. The SMILES string of the molecule is CSc1cc(NC(=O)c2cc(C#C[N+]3=c4ccc(N(C)C)cc4=[N+]=C3)c(S(N)(=O)=O)nn2)cs1. The lowest BCUT2D eigenvalue weighted by atomic mass is 10.2. The van der Waals surface area contributed by atoms with E-state index in [1.165, 1.54) is 23.7 Å². The molecule has 4 rings (SSSR count). The van der Waals surface area contributed by atoms with Gasteiger partial charge in [0.25, 0.3) is 15.9 Å². The van der Waals surface area contributed by atoms with E-state index in [4.69, 9.17) is 5.14 Å². The lowest BCUT2D eigenvalue weighted by Gasteiger charge is -2.08. The zero-order valence-electron chi connectivity index (χ0n) is 18.3. The fourth-order valence-corrected chi connectivity index (χ4v) is 4.87. The number of benzene rings is 1. The van der Waals surface area contributed by atoms with E-state index in [2.05, 4.69) is 32.1 Å². The van der Waals surface area contributed by atoms with Gasteiger partial charge in [0.05, 0.1) is 21.5 Å². The van der Waals surface area contributed by atoms with Gasteiger partial charge in [-0.05, 0) is 33.7 Å². The van der Waals surface area contributed by atoms with Crippen LogP contribution in [0.25, 0.3) is 0 Å². The number of rotatable bonds is 5. The van der Waals surface area contributed by atoms with Crippen LogP contribution in [-0.4, -0.2) is 51.2 Å². The number of primary sulfonamides is 1. The molecule has 34 heavy (non-hydrogen) atoms. The average Bonchev–Trinajstić information content (AvgIpc) is 3.42. The Kier molecular flexibility index (Phi) is 6.52. The molecule has 1 aromatic carbocycles. The summed E-state index contributed by atoms with van der Waals surface area (Å²) in [6, 6.07) is 11.6. The second-order valence-electron chi connectivity index (χ2n) is 7.22. The van der Waals surface area contributed by atoms with Crippen molar-refractivity contribution < 1.29 is 13.2 Å². The van der Waals surface area contributed by atoms with Crippen LogP contribution in [0.15, 0.2) is 44.9 Å². The minimum atomic E-state index is -4.22. The minimum absolute atomic E-state index is 0.0514. The van der Waals surface area contributed by atoms with Gasteiger partial charge in [0, 0.05) is 37.1 Å². The third-order valence-electron chi connectivity index (χ3n) is 4.65. The molecule has 0 aliphatic carbocycles. The number of aromatic nitrogens is 2. The van der Waals surface area contributed by atoms with Crippen LogP contribution in [0, 0.1) is 12.0 Å². The molecule has 2 aromatic heterocycles. The number of hydrogen-bond donors (Lipinski definition) is 2. The molecule has 3 heterocycles. The van der Waals surface area contributed by atoms with Gasteiger partial charge >= 0.3 is 17.1 Å². The Hall–Kier alpha value is -3.53. The first-order valence-electron chi connectivity index (χ1n) is 9.66. The molecule has 0 atom stereocenters. The highest BCUT2D eigenvalue weighted by molar-refractivity contribution is 8.00. The number of hydrogen-bond acceptors (Lipinski definition) is 8. The van der Waals surface area contributed by atoms with Crippen molar-refractivity contribution in [3.63, 3.8) is 0 Å². The summed E-state index contributed by atoms with van der Waals surface area (Å²) in [6.07, 6.45) is 3.46. The number of amides is 1. The van der Waals surface area contributed by atoms with Crippen LogP contribution < -0.4 is 35.3 Å². The number of carbonyl (C=O) groups excluding carboxylic acids is 1. The largest absolute Gasteiger partial charge is 0.537 e. The van der Waals surface area contributed by atoms with Crippen LogP contribution in [0.2, 0.25) is 0 Å². The van der Waals surface area contributed by atoms with Crippen LogP contribution >= 0.6 is 23.1 Å². The van der Waals surface area contributed by atoms with Crippen LogP contribution in [-0.2, 0) is 10.0 Å². The number of nitrogens with one attached hydrogen (secondary N) is 1. The Labute approximate surface area is 203 Å². The quantitative estimate of drug-likeness (QED) is 0.202. The normalized spacial score (nSPS) is 11.9. The van der Waals surface area contributed by atoms with E-state index in [0.717, 1.165) is 20.6 Å². The number of anilines is 2. The van der Waals surface area contributed by atoms with Gasteiger partial charge in [0.15, 0.2) is 5.69 Å². The van der Waals surface area contributed by atoms with Crippen LogP contribution in [0.5, 0.6) is 0 Å². The standard InChI is InChI=1S/C21H18N7O3S3/c1-27(2)15-4-5-18-16(10-15)23-12-28(18)7-6-13-8-17(25-26-21(13)34(22,30)31)20(29)24-14-9-19(32-3)33-11-14/h4-5,8-12H,1-3H3,(H2-,22,24,29,30,31)/q+1/p+1. The van der Waals surface area contributed by atoms with Gasteiger partial charge in [0.2, 0.25) is 11.1 Å². The molecule has 1 amide bonds. The fraction of sp³-hybridized carbons (Fsp3) is 0.143. The van der Waals surface area contributed by atoms with E-state index in [-0.39, 0.29) is 11.3 Å². The molecule has 0 saturated carbocycles. The molecule has 1 aliphatic heterocycles. The summed E-state index contributed by atoms with van der Waals surface area (Å²) in [5.74, 6) is 2.19. The summed E-state index contributed by atoms with van der Waals surface area (Å²) >= 11 is 3.05. The highest BCUT2D eigenvalue weighted by Gasteiger charge is 2.22. The Balaban J connectivity index is 1.72. The van der Waals surface area contributed by atoms with Crippen molar-refractivity contribution in [3.05, 3.63) is 57.7 Å². The number of thioether (sulfide) groups is 1. The summed E-state index contributed by atoms with van der Waals surface area (Å²) in [7, 11) is -0.368. The average molecular weight is 514 g/mol. The smallest absolute Gasteiger partial charge is 0.377 e. The van der Waals surface area contributed by atoms with Gasteiger partial charge in [-0.1, -0.05) is 0 Å². The van der Waals surface area contributed by atoms with Gasteiger partial charge in [-0.2, -0.15) is 0 Å². The highest BCUT2D eigenvalue weighted by Crippen LogP contribution is 2.27. The van der Waals surface area contributed by atoms with E-state index in [1.54, 1.807) is 21.7 Å². The van der Waals surface area contributed by atoms with E-state index in [1.807, 2.05) is 49.5 Å². The number of nitrogens with zero attached hydrogens (tertiary/aromatic N) is 5. The Morgan fingerprint density at radius 3 is 2.74 bits per heavy atom. The van der Waals surface area contributed by atoms with E-state index in [9.17, 15) is 13.2 Å². The van der Waals surface area contributed by atoms with E-state index in [0.29, 0.717) is 5.69 Å². The monoisotopic (exact) mass is 513 g/mol. The molecule has 13 heteroatoms. The molecule has 0 radical (unpaired) electrons. The lowest BCUT2D eigenvalue weighted by Crippen LogP contribution is -2.33. The van der Waals surface area contributed by atoms with Crippen molar-refractivity contribution in [2.75, 3.05) is 30.6 Å². The first kappa shape index (κ1) is 23.6. The van der Waals surface area contributed by atoms with Crippen molar-refractivity contribution in [3.8, 4) is 12.0 Å². The molecule has 0 fully saturated rings. The second-order valence-corrected chi connectivity index (χ2v) is 10.7. The van der Waals surface area contributed by atoms with Crippen molar-refractivity contribution in [1.82, 2.24) is 19.4 Å². The van der Waals surface area contributed by atoms with Crippen molar-refractivity contribution in [2.45, 2.75) is 9.24 Å². The first-order chi connectivity index (χ1) is 16.2. The number of carbonyl (C=O) groups is 1.